The van der Waals surface area contributed by atoms with Gasteiger partial charge in [0.15, 0.2) is 0 Å². The predicted octanol–water partition coefficient (Wildman–Crippen LogP) is 3.13. The van der Waals surface area contributed by atoms with E-state index >= 15 is 0 Å². The first kappa shape index (κ1) is 26.4. The Morgan fingerprint density at radius 3 is 2.20 bits per heavy atom. The topological polar surface area (TPSA) is 105 Å². The Morgan fingerprint density at radius 2 is 1.60 bits per heavy atom. The smallest absolute Gasteiger partial charge is 0.249 e. The quantitative estimate of drug-likeness (QED) is 0.397. The number of halogens is 1. The SMILES string of the molecule is COc1ccc(N(C)C(=O)C(Cc2ccccc2)NC(=O)CNS(=O)(=O)c2ccc(Br)cc2)cc1. The molecule has 0 saturated heterocycles. The minimum atomic E-state index is -3.89. The third-order valence-corrected chi connectivity index (χ3v) is 7.20. The third-order valence-electron chi connectivity index (χ3n) is 5.25. The van der Waals surface area contributed by atoms with Crippen molar-refractivity contribution in [2.24, 2.45) is 0 Å². The standard InChI is InChI=1S/C25H26BrN3O5S/c1-29(20-10-12-21(34-2)13-11-20)25(31)23(16-18-6-4-3-5-7-18)28-24(30)17-27-35(32,33)22-14-8-19(26)9-15-22/h3-15,23,27H,16-17H2,1-2H3,(H,28,30). The van der Waals surface area contributed by atoms with E-state index in [0.29, 0.717) is 11.4 Å². The van der Waals surface area contributed by atoms with Crippen molar-refractivity contribution in [2.75, 3.05) is 25.6 Å². The van der Waals surface area contributed by atoms with Crippen LogP contribution < -0.4 is 19.7 Å². The number of likely N-dealkylation sites (N-methyl/N-ethyl adjacent to an activating group) is 1. The van der Waals surface area contributed by atoms with Crippen molar-refractivity contribution in [3.05, 3.63) is 88.9 Å². The highest BCUT2D eigenvalue weighted by Crippen LogP contribution is 2.19. The maximum Gasteiger partial charge on any atom is 0.249 e. The predicted molar refractivity (Wildman–Crippen MR) is 138 cm³/mol. The van der Waals surface area contributed by atoms with Crippen LogP contribution in [0.2, 0.25) is 0 Å². The van der Waals surface area contributed by atoms with E-state index < -0.39 is 28.5 Å². The summed E-state index contributed by atoms with van der Waals surface area (Å²) in [7, 11) is -0.720. The second-order valence-electron chi connectivity index (χ2n) is 7.68. The monoisotopic (exact) mass is 559 g/mol. The summed E-state index contributed by atoms with van der Waals surface area (Å²) in [5.74, 6) is -0.312. The molecule has 0 aliphatic heterocycles. The van der Waals surface area contributed by atoms with E-state index in [0.717, 1.165) is 10.0 Å². The zero-order chi connectivity index (χ0) is 25.4. The van der Waals surface area contributed by atoms with Crippen molar-refractivity contribution >= 4 is 43.5 Å². The molecular weight excluding hydrogens is 534 g/mol. The molecule has 0 fully saturated rings. The molecular formula is C25H26BrN3O5S. The number of ether oxygens (including phenoxy) is 1. The van der Waals surface area contributed by atoms with Crippen molar-refractivity contribution in [3.8, 4) is 5.75 Å². The number of sulfonamides is 1. The summed E-state index contributed by atoms with van der Waals surface area (Å²) in [4.78, 5) is 27.5. The number of amides is 2. The van der Waals surface area contributed by atoms with Crippen LogP contribution in [0.25, 0.3) is 0 Å². The van der Waals surface area contributed by atoms with Crippen LogP contribution in [0.4, 0.5) is 5.69 Å². The first-order valence-corrected chi connectivity index (χ1v) is 13.0. The van der Waals surface area contributed by atoms with Gasteiger partial charge in [0, 0.05) is 23.6 Å². The zero-order valence-corrected chi connectivity index (χ0v) is 21.7. The van der Waals surface area contributed by atoms with E-state index in [9.17, 15) is 18.0 Å². The van der Waals surface area contributed by atoms with Crippen molar-refractivity contribution in [3.63, 3.8) is 0 Å². The molecule has 0 aliphatic rings. The van der Waals surface area contributed by atoms with E-state index in [4.69, 9.17) is 4.74 Å². The molecule has 0 saturated carbocycles. The average molecular weight is 560 g/mol. The number of methoxy groups -OCH3 is 1. The largest absolute Gasteiger partial charge is 0.497 e. The number of nitrogens with one attached hydrogen (secondary N) is 2. The van der Waals surface area contributed by atoms with Gasteiger partial charge in [0.1, 0.15) is 11.8 Å². The van der Waals surface area contributed by atoms with Crippen LogP contribution in [-0.4, -0.2) is 47.0 Å². The van der Waals surface area contributed by atoms with Crippen molar-refractivity contribution in [1.82, 2.24) is 10.0 Å². The van der Waals surface area contributed by atoms with Crippen LogP contribution in [0, 0.1) is 0 Å². The molecule has 3 aromatic carbocycles. The van der Waals surface area contributed by atoms with Crippen LogP contribution in [0.15, 0.2) is 88.2 Å². The Kier molecular flexibility index (Phi) is 9.02. The minimum absolute atomic E-state index is 0.0321. The summed E-state index contributed by atoms with van der Waals surface area (Å²) in [5, 5.41) is 2.68. The minimum Gasteiger partial charge on any atom is -0.497 e. The van der Waals surface area contributed by atoms with Crippen LogP contribution in [-0.2, 0) is 26.0 Å². The molecule has 3 rings (SSSR count). The molecule has 10 heteroatoms. The molecule has 1 unspecified atom stereocenters. The Bertz CT molecular complexity index is 1250. The van der Waals surface area contributed by atoms with E-state index in [1.54, 1.807) is 50.6 Å². The zero-order valence-electron chi connectivity index (χ0n) is 19.3. The molecule has 2 N–H and O–H groups in total. The van der Waals surface area contributed by atoms with Crippen molar-refractivity contribution in [2.45, 2.75) is 17.4 Å². The summed E-state index contributed by atoms with van der Waals surface area (Å²) in [6.45, 7) is -0.511. The third kappa shape index (κ3) is 7.38. The molecule has 0 radical (unpaired) electrons. The highest BCUT2D eigenvalue weighted by molar-refractivity contribution is 9.10. The van der Waals surface area contributed by atoms with E-state index in [-0.39, 0.29) is 17.2 Å². The lowest BCUT2D eigenvalue weighted by Crippen LogP contribution is -2.51. The van der Waals surface area contributed by atoms with Gasteiger partial charge in [-0.05, 0) is 54.1 Å². The average Bonchev–Trinajstić information content (AvgIpc) is 2.87. The number of hydrogen-bond donors (Lipinski definition) is 2. The van der Waals surface area contributed by atoms with Crippen LogP contribution in [0.5, 0.6) is 5.75 Å². The molecule has 0 aliphatic carbocycles. The van der Waals surface area contributed by atoms with Gasteiger partial charge in [0.2, 0.25) is 21.8 Å². The van der Waals surface area contributed by atoms with Crippen LogP contribution in [0.1, 0.15) is 5.56 Å². The van der Waals surface area contributed by atoms with Crippen molar-refractivity contribution < 1.29 is 22.7 Å². The van der Waals surface area contributed by atoms with Gasteiger partial charge in [-0.25, -0.2) is 13.1 Å². The van der Waals surface area contributed by atoms with Crippen molar-refractivity contribution in [1.29, 1.82) is 0 Å². The molecule has 8 nitrogen and oxygen atoms in total. The summed E-state index contributed by atoms with van der Waals surface area (Å²) in [5.41, 5.74) is 1.48. The maximum atomic E-state index is 13.3. The molecule has 2 amide bonds. The highest BCUT2D eigenvalue weighted by Gasteiger charge is 2.26. The van der Waals surface area contributed by atoms with Gasteiger partial charge in [-0.3, -0.25) is 9.59 Å². The summed E-state index contributed by atoms with van der Waals surface area (Å²) >= 11 is 3.26. The van der Waals surface area contributed by atoms with E-state index in [1.165, 1.54) is 17.0 Å². The Hall–Kier alpha value is -3.21. The fourth-order valence-corrected chi connectivity index (χ4v) is 4.57. The second-order valence-corrected chi connectivity index (χ2v) is 10.4. The maximum absolute atomic E-state index is 13.3. The number of anilines is 1. The molecule has 3 aromatic rings. The summed E-state index contributed by atoms with van der Waals surface area (Å²) in [6, 6.07) is 21.4. The second kappa shape index (κ2) is 12.0. The summed E-state index contributed by atoms with van der Waals surface area (Å²) in [6.07, 6.45) is 0.241. The number of carbonyl (C=O) groups is 2. The van der Waals surface area contributed by atoms with E-state index in [1.807, 2.05) is 30.3 Å². The summed E-state index contributed by atoms with van der Waals surface area (Å²) < 4.78 is 33.2. The molecule has 0 heterocycles. The van der Waals surface area contributed by atoms with Gasteiger partial charge in [0.25, 0.3) is 0 Å². The lowest BCUT2D eigenvalue weighted by Gasteiger charge is -2.25. The van der Waals surface area contributed by atoms with Gasteiger partial charge in [-0.2, -0.15) is 0 Å². The number of benzene rings is 3. The molecule has 1 atom stereocenters. The van der Waals surface area contributed by atoms with Crippen LogP contribution in [0.3, 0.4) is 0 Å². The number of nitrogens with zero attached hydrogens (tertiary/aromatic N) is 1. The first-order chi connectivity index (χ1) is 16.7. The molecule has 0 aromatic heterocycles. The lowest BCUT2D eigenvalue weighted by molar-refractivity contribution is -0.126. The normalized spacial score (nSPS) is 12.0. The van der Waals surface area contributed by atoms with E-state index in [2.05, 4.69) is 26.0 Å². The number of carbonyl (C=O) groups excluding carboxylic acids is 2. The number of hydrogen-bond acceptors (Lipinski definition) is 5. The first-order valence-electron chi connectivity index (χ1n) is 10.7. The molecule has 184 valence electrons. The fourth-order valence-electron chi connectivity index (χ4n) is 3.32. The van der Waals surface area contributed by atoms with Gasteiger partial charge in [-0.1, -0.05) is 46.3 Å². The Morgan fingerprint density at radius 1 is 0.971 bits per heavy atom. The molecule has 0 spiro atoms. The lowest BCUT2D eigenvalue weighted by atomic mass is 10.0. The Balaban J connectivity index is 1.72. The number of rotatable bonds is 10. The van der Waals surface area contributed by atoms with Gasteiger partial charge < -0.3 is 15.0 Å². The van der Waals surface area contributed by atoms with Crippen LogP contribution >= 0.6 is 15.9 Å². The van der Waals surface area contributed by atoms with Gasteiger partial charge in [0.05, 0.1) is 18.6 Å². The highest BCUT2D eigenvalue weighted by atomic mass is 79.9. The molecule has 35 heavy (non-hydrogen) atoms. The van der Waals surface area contributed by atoms with Gasteiger partial charge in [-0.15, -0.1) is 0 Å². The molecule has 0 bridgehead atoms. The van der Waals surface area contributed by atoms with Gasteiger partial charge >= 0.3 is 0 Å². The Labute approximate surface area is 213 Å². The fraction of sp³-hybridized carbons (Fsp3) is 0.200.